The number of carboxylic acid groups (broad SMARTS) is 1. The van der Waals surface area contributed by atoms with E-state index in [1.54, 1.807) is 6.07 Å². The lowest BCUT2D eigenvalue weighted by atomic mass is 10.4. The van der Waals surface area contributed by atoms with Gasteiger partial charge in [-0.3, -0.25) is 0 Å². The molecular formula is C8H3BrClNO3. The molecule has 72 valence electrons. The number of aromatic nitrogens is 1. The third-order valence-electron chi connectivity index (χ3n) is 1.61. The van der Waals surface area contributed by atoms with E-state index >= 15 is 0 Å². The van der Waals surface area contributed by atoms with E-state index in [4.69, 9.17) is 21.1 Å². The van der Waals surface area contributed by atoms with Crippen LogP contribution in [0.4, 0.5) is 0 Å². The molecule has 2 heterocycles. The predicted octanol–water partition coefficient (Wildman–Crippen LogP) is 2.94. The molecule has 14 heavy (non-hydrogen) atoms. The fourth-order valence-corrected chi connectivity index (χ4v) is 1.89. The number of hydrogen-bond acceptors (Lipinski definition) is 3. The van der Waals surface area contributed by atoms with Crippen molar-refractivity contribution in [3.8, 4) is 0 Å². The number of rotatable bonds is 1. The summed E-state index contributed by atoms with van der Waals surface area (Å²) >= 11 is 8.88. The lowest BCUT2D eigenvalue weighted by Gasteiger charge is -1.92. The van der Waals surface area contributed by atoms with Crippen LogP contribution in [0.25, 0.3) is 11.1 Å². The molecule has 2 aromatic heterocycles. The second kappa shape index (κ2) is 3.25. The van der Waals surface area contributed by atoms with Gasteiger partial charge in [-0.2, -0.15) is 0 Å². The molecule has 0 saturated carbocycles. The van der Waals surface area contributed by atoms with Crippen molar-refractivity contribution in [2.24, 2.45) is 0 Å². The third-order valence-corrected chi connectivity index (χ3v) is 2.40. The highest BCUT2D eigenvalue weighted by Gasteiger charge is 2.14. The second-order valence-corrected chi connectivity index (χ2v) is 3.80. The Morgan fingerprint density at radius 3 is 2.93 bits per heavy atom. The Morgan fingerprint density at radius 1 is 1.57 bits per heavy atom. The van der Waals surface area contributed by atoms with Gasteiger partial charge in [0.1, 0.15) is 10.7 Å². The monoisotopic (exact) mass is 275 g/mol. The Kier molecular flexibility index (Phi) is 2.20. The largest absolute Gasteiger partial charge is 0.475 e. The summed E-state index contributed by atoms with van der Waals surface area (Å²) in [6.45, 7) is 0. The standard InChI is InChI=1S/C8H3BrClNO3/c9-3-1-6(10)11-4-2-5(8(12)13)14-7(3)4/h1-2H,(H,12,13). The quantitative estimate of drug-likeness (QED) is 0.813. The Bertz CT molecular complexity index is 523. The van der Waals surface area contributed by atoms with Gasteiger partial charge in [0.2, 0.25) is 5.76 Å². The number of nitrogens with zero attached hydrogens (tertiary/aromatic N) is 1. The molecule has 0 spiro atoms. The van der Waals surface area contributed by atoms with Crippen molar-refractivity contribution in [2.75, 3.05) is 0 Å². The van der Waals surface area contributed by atoms with Crippen molar-refractivity contribution in [1.29, 1.82) is 0 Å². The van der Waals surface area contributed by atoms with Gasteiger partial charge in [-0.25, -0.2) is 9.78 Å². The Hall–Kier alpha value is -1.07. The van der Waals surface area contributed by atoms with E-state index in [1.807, 2.05) is 0 Å². The first-order valence-electron chi connectivity index (χ1n) is 3.57. The van der Waals surface area contributed by atoms with Gasteiger partial charge in [0.05, 0.1) is 4.47 Å². The molecule has 0 unspecified atom stereocenters. The van der Waals surface area contributed by atoms with E-state index in [2.05, 4.69) is 20.9 Å². The first-order chi connectivity index (χ1) is 6.58. The molecule has 6 heteroatoms. The number of hydrogen-bond donors (Lipinski definition) is 1. The van der Waals surface area contributed by atoms with Crippen LogP contribution >= 0.6 is 27.5 Å². The van der Waals surface area contributed by atoms with Crippen molar-refractivity contribution in [1.82, 2.24) is 4.98 Å². The van der Waals surface area contributed by atoms with Crippen molar-refractivity contribution in [3.05, 3.63) is 27.5 Å². The van der Waals surface area contributed by atoms with Crippen LogP contribution in [0.2, 0.25) is 5.15 Å². The molecule has 2 aromatic rings. The van der Waals surface area contributed by atoms with Crippen LogP contribution < -0.4 is 0 Å². The van der Waals surface area contributed by atoms with Gasteiger partial charge in [-0.15, -0.1) is 0 Å². The molecule has 4 nitrogen and oxygen atoms in total. The van der Waals surface area contributed by atoms with Gasteiger partial charge < -0.3 is 9.52 Å². The van der Waals surface area contributed by atoms with Gasteiger partial charge in [0.25, 0.3) is 0 Å². The van der Waals surface area contributed by atoms with E-state index in [0.717, 1.165) is 0 Å². The van der Waals surface area contributed by atoms with Gasteiger partial charge in [0.15, 0.2) is 5.58 Å². The SMILES string of the molecule is O=C(O)c1cc2nc(Cl)cc(Br)c2o1. The molecular weight excluding hydrogens is 273 g/mol. The minimum atomic E-state index is -1.13. The molecule has 0 saturated heterocycles. The normalized spacial score (nSPS) is 10.7. The van der Waals surface area contributed by atoms with Crippen LogP contribution in [-0.2, 0) is 0 Å². The van der Waals surface area contributed by atoms with Crippen LogP contribution in [0.15, 0.2) is 21.0 Å². The summed E-state index contributed by atoms with van der Waals surface area (Å²) in [7, 11) is 0. The molecule has 0 aliphatic rings. The maximum atomic E-state index is 10.6. The van der Waals surface area contributed by atoms with E-state index in [0.29, 0.717) is 15.6 Å². The third kappa shape index (κ3) is 1.49. The molecule has 0 bridgehead atoms. The Labute approximate surface area is 91.6 Å². The lowest BCUT2D eigenvalue weighted by Crippen LogP contribution is -1.91. The molecule has 2 rings (SSSR count). The second-order valence-electron chi connectivity index (χ2n) is 2.56. The summed E-state index contributed by atoms with van der Waals surface area (Å²) < 4.78 is 5.63. The van der Waals surface area contributed by atoms with Crippen molar-refractivity contribution in [2.45, 2.75) is 0 Å². The Morgan fingerprint density at radius 2 is 2.29 bits per heavy atom. The van der Waals surface area contributed by atoms with Crippen LogP contribution in [-0.4, -0.2) is 16.1 Å². The zero-order valence-electron chi connectivity index (χ0n) is 6.62. The van der Waals surface area contributed by atoms with Crippen molar-refractivity contribution in [3.63, 3.8) is 0 Å². The molecule has 0 aliphatic carbocycles. The number of halogens is 2. The van der Waals surface area contributed by atoms with Gasteiger partial charge in [0, 0.05) is 6.07 Å². The first kappa shape index (κ1) is 9.48. The van der Waals surface area contributed by atoms with Crippen LogP contribution in [0, 0.1) is 0 Å². The molecule has 0 radical (unpaired) electrons. The minimum Gasteiger partial charge on any atom is -0.475 e. The predicted molar refractivity (Wildman–Crippen MR) is 53.7 cm³/mol. The molecule has 0 amide bonds. The van der Waals surface area contributed by atoms with Gasteiger partial charge in [-0.05, 0) is 22.0 Å². The smallest absolute Gasteiger partial charge is 0.371 e. The van der Waals surface area contributed by atoms with Gasteiger partial charge in [-0.1, -0.05) is 11.6 Å². The summed E-state index contributed by atoms with van der Waals surface area (Å²) in [5.41, 5.74) is 0.800. The number of carboxylic acids is 1. The number of fused-ring (bicyclic) bond motifs is 1. The first-order valence-corrected chi connectivity index (χ1v) is 4.74. The lowest BCUT2D eigenvalue weighted by molar-refractivity contribution is 0.0665. The Balaban J connectivity index is 2.76. The number of carbonyl (C=O) groups is 1. The number of aromatic carboxylic acids is 1. The molecule has 0 aliphatic heterocycles. The van der Waals surface area contributed by atoms with E-state index in [9.17, 15) is 4.79 Å². The number of furan rings is 1. The highest BCUT2D eigenvalue weighted by atomic mass is 79.9. The van der Waals surface area contributed by atoms with Crippen LogP contribution in [0.3, 0.4) is 0 Å². The zero-order valence-corrected chi connectivity index (χ0v) is 8.96. The zero-order chi connectivity index (χ0) is 10.3. The van der Waals surface area contributed by atoms with Crippen LogP contribution in [0.1, 0.15) is 10.6 Å². The maximum Gasteiger partial charge on any atom is 0.371 e. The summed E-state index contributed by atoms with van der Waals surface area (Å²) in [5, 5.41) is 8.96. The summed E-state index contributed by atoms with van der Waals surface area (Å²) in [6.07, 6.45) is 0. The minimum absolute atomic E-state index is 0.157. The van der Waals surface area contributed by atoms with E-state index < -0.39 is 5.97 Å². The molecule has 0 aromatic carbocycles. The summed E-state index contributed by atoms with van der Waals surface area (Å²) in [5.74, 6) is -1.29. The molecule has 1 N–H and O–H groups in total. The van der Waals surface area contributed by atoms with Crippen LogP contribution in [0.5, 0.6) is 0 Å². The average Bonchev–Trinajstić information content (AvgIpc) is 2.47. The summed E-state index contributed by atoms with van der Waals surface area (Å²) in [6, 6.07) is 2.87. The fourth-order valence-electron chi connectivity index (χ4n) is 1.06. The van der Waals surface area contributed by atoms with E-state index in [1.165, 1.54) is 6.07 Å². The average molecular weight is 276 g/mol. The summed E-state index contributed by atoms with van der Waals surface area (Å²) in [4.78, 5) is 14.5. The maximum absolute atomic E-state index is 10.6. The topological polar surface area (TPSA) is 63.3 Å². The highest BCUT2D eigenvalue weighted by Crippen LogP contribution is 2.28. The van der Waals surface area contributed by atoms with Crippen molar-refractivity contribution >= 4 is 44.6 Å². The molecule has 0 atom stereocenters. The number of pyridine rings is 1. The molecule has 0 fully saturated rings. The fraction of sp³-hybridized carbons (Fsp3) is 0. The van der Waals surface area contributed by atoms with Gasteiger partial charge >= 0.3 is 5.97 Å². The van der Waals surface area contributed by atoms with E-state index in [-0.39, 0.29) is 10.9 Å². The van der Waals surface area contributed by atoms with Crippen molar-refractivity contribution < 1.29 is 14.3 Å². The highest BCUT2D eigenvalue weighted by molar-refractivity contribution is 9.10.